The van der Waals surface area contributed by atoms with Gasteiger partial charge in [-0.3, -0.25) is 14.9 Å². The number of nitrogens with one attached hydrogen (secondary N) is 3. The standard InChI is InChI=1S/C23H22BrN3O3S/c1-23(2,3)15-9-7-14(8-10-15)20(28)25-16-5-4-6-17(13-16)26-22(31)27-21(29)18-11-12-19(24)30-18/h4-13H,1-3H3,(H,25,28)(H2,26,27,29,31). The Morgan fingerprint density at radius 3 is 2.13 bits per heavy atom. The van der Waals surface area contributed by atoms with E-state index in [1.54, 1.807) is 30.3 Å². The maximum absolute atomic E-state index is 12.6. The lowest BCUT2D eigenvalue weighted by Crippen LogP contribution is -2.33. The van der Waals surface area contributed by atoms with Gasteiger partial charge in [0.25, 0.3) is 11.8 Å². The number of halogens is 1. The molecule has 0 fully saturated rings. The summed E-state index contributed by atoms with van der Waals surface area (Å²) in [6.07, 6.45) is 0. The molecule has 0 radical (unpaired) electrons. The first kappa shape index (κ1) is 22.7. The zero-order chi connectivity index (χ0) is 22.6. The number of amides is 2. The van der Waals surface area contributed by atoms with Crippen molar-refractivity contribution in [3.63, 3.8) is 0 Å². The van der Waals surface area contributed by atoms with Gasteiger partial charge in [0.15, 0.2) is 15.5 Å². The number of rotatable bonds is 4. The molecule has 0 aliphatic heterocycles. The topological polar surface area (TPSA) is 83.4 Å². The van der Waals surface area contributed by atoms with Crippen LogP contribution in [0.2, 0.25) is 0 Å². The summed E-state index contributed by atoms with van der Waals surface area (Å²) in [6, 6.07) is 17.8. The van der Waals surface area contributed by atoms with E-state index in [2.05, 4.69) is 52.7 Å². The molecule has 0 saturated carbocycles. The van der Waals surface area contributed by atoms with Gasteiger partial charge in [-0.15, -0.1) is 0 Å². The fraction of sp³-hybridized carbons (Fsp3) is 0.174. The van der Waals surface area contributed by atoms with Crippen molar-refractivity contribution in [2.24, 2.45) is 0 Å². The van der Waals surface area contributed by atoms with Crippen molar-refractivity contribution in [2.45, 2.75) is 26.2 Å². The van der Waals surface area contributed by atoms with E-state index in [1.807, 2.05) is 24.3 Å². The highest BCUT2D eigenvalue weighted by Crippen LogP contribution is 2.23. The lowest BCUT2D eigenvalue weighted by molar-refractivity contribution is 0.0948. The molecule has 0 atom stereocenters. The van der Waals surface area contributed by atoms with Crippen molar-refractivity contribution in [2.75, 3.05) is 10.6 Å². The molecule has 2 amide bonds. The van der Waals surface area contributed by atoms with Gasteiger partial charge in [-0.1, -0.05) is 39.0 Å². The third-order valence-corrected chi connectivity index (χ3v) is 5.05. The van der Waals surface area contributed by atoms with Gasteiger partial charge in [0.1, 0.15) is 0 Å². The Hall–Kier alpha value is -2.97. The molecular formula is C23H22BrN3O3S. The fourth-order valence-corrected chi connectivity index (χ4v) is 3.28. The Labute approximate surface area is 194 Å². The summed E-state index contributed by atoms with van der Waals surface area (Å²) in [5.41, 5.74) is 2.97. The van der Waals surface area contributed by atoms with E-state index in [9.17, 15) is 9.59 Å². The largest absolute Gasteiger partial charge is 0.444 e. The molecule has 0 bridgehead atoms. The molecule has 0 saturated heterocycles. The van der Waals surface area contributed by atoms with Crippen LogP contribution in [0.3, 0.4) is 0 Å². The van der Waals surface area contributed by atoms with Crippen LogP contribution in [0.1, 0.15) is 47.2 Å². The van der Waals surface area contributed by atoms with E-state index >= 15 is 0 Å². The molecule has 1 heterocycles. The molecule has 0 spiro atoms. The van der Waals surface area contributed by atoms with Gasteiger partial charge < -0.3 is 15.1 Å². The summed E-state index contributed by atoms with van der Waals surface area (Å²) in [5.74, 6) is -0.544. The predicted molar refractivity (Wildman–Crippen MR) is 130 cm³/mol. The van der Waals surface area contributed by atoms with Crippen LogP contribution < -0.4 is 16.0 Å². The predicted octanol–water partition coefficient (Wildman–Crippen LogP) is 5.72. The fourth-order valence-electron chi connectivity index (χ4n) is 2.76. The smallest absolute Gasteiger partial charge is 0.293 e. The maximum Gasteiger partial charge on any atom is 0.293 e. The van der Waals surface area contributed by atoms with Gasteiger partial charge in [0.05, 0.1) is 0 Å². The van der Waals surface area contributed by atoms with E-state index in [1.165, 1.54) is 6.07 Å². The van der Waals surface area contributed by atoms with Crippen molar-refractivity contribution in [1.82, 2.24) is 5.32 Å². The number of carbonyl (C=O) groups excluding carboxylic acids is 2. The van der Waals surface area contributed by atoms with Crippen LogP contribution in [0.4, 0.5) is 11.4 Å². The first-order chi connectivity index (χ1) is 14.6. The average molecular weight is 500 g/mol. The molecule has 8 heteroatoms. The summed E-state index contributed by atoms with van der Waals surface area (Å²) >= 11 is 8.33. The second-order valence-electron chi connectivity index (χ2n) is 7.87. The summed E-state index contributed by atoms with van der Waals surface area (Å²) in [4.78, 5) is 24.7. The first-order valence-corrected chi connectivity index (χ1v) is 10.7. The third kappa shape index (κ3) is 6.26. The van der Waals surface area contributed by atoms with E-state index in [0.29, 0.717) is 21.6 Å². The van der Waals surface area contributed by atoms with Gasteiger partial charge in [0, 0.05) is 16.9 Å². The van der Waals surface area contributed by atoms with Crippen molar-refractivity contribution in [3.8, 4) is 0 Å². The normalized spacial score (nSPS) is 11.0. The third-order valence-electron chi connectivity index (χ3n) is 4.42. The molecule has 0 aliphatic rings. The van der Waals surface area contributed by atoms with E-state index in [0.717, 1.165) is 5.56 Å². The molecule has 31 heavy (non-hydrogen) atoms. The molecule has 160 valence electrons. The SMILES string of the molecule is CC(C)(C)c1ccc(C(=O)Nc2cccc(NC(=S)NC(=O)c3ccc(Br)o3)c2)cc1. The monoisotopic (exact) mass is 499 g/mol. The molecular weight excluding hydrogens is 478 g/mol. The summed E-state index contributed by atoms with van der Waals surface area (Å²) < 4.78 is 5.65. The Kier molecular flexibility index (Phi) is 6.92. The highest BCUT2D eigenvalue weighted by atomic mass is 79.9. The van der Waals surface area contributed by atoms with Crippen LogP contribution in [0.5, 0.6) is 0 Å². The minimum absolute atomic E-state index is 0.0241. The van der Waals surface area contributed by atoms with Crippen LogP contribution in [0.15, 0.2) is 69.8 Å². The minimum atomic E-state index is -0.466. The number of hydrogen-bond acceptors (Lipinski definition) is 4. The summed E-state index contributed by atoms with van der Waals surface area (Å²) in [5, 5.41) is 8.44. The Bertz CT molecular complexity index is 1120. The van der Waals surface area contributed by atoms with Crippen molar-refractivity contribution in [3.05, 3.63) is 82.2 Å². The van der Waals surface area contributed by atoms with Gasteiger partial charge >= 0.3 is 0 Å². The summed E-state index contributed by atoms with van der Waals surface area (Å²) in [7, 11) is 0. The number of benzene rings is 2. The molecule has 0 aliphatic carbocycles. The maximum atomic E-state index is 12.6. The highest BCUT2D eigenvalue weighted by Gasteiger charge is 2.15. The number of thiocarbonyl (C=S) groups is 1. The van der Waals surface area contributed by atoms with Gasteiger partial charge in [-0.05, 0) is 81.6 Å². The van der Waals surface area contributed by atoms with E-state index < -0.39 is 5.91 Å². The van der Waals surface area contributed by atoms with Crippen LogP contribution in [0, 0.1) is 0 Å². The Balaban J connectivity index is 1.61. The van der Waals surface area contributed by atoms with Crippen molar-refractivity contribution >= 4 is 56.4 Å². The number of furan rings is 1. The molecule has 3 rings (SSSR count). The molecule has 3 aromatic rings. The number of carbonyl (C=O) groups is 2. The Morgan fingerprint density at radius 2 is 1.55 bits per heavy atom. The van der Waals surface area contributed by atoms with E-state index in [-0.39, 0.29) is 22.2 Å². The highest BCUT2D eigenvalue weighted by molar-refractivity contribution is 9.10. The van der Waals surface area contributed by atoms with Crippen LogP contribution >= 0.6 is 28.1 Å². The second-order valence-corrected chi connectivity index (χ2v) is 9.06. The van der Waals surface area contributed by atoms with Gasteiger partial charge in [-0.25, -0.2) is 0 Å². The molecule has 1 aromatic heterocycles. The molecule has 6 nitrogen and oxygen atoms in total. The zero-order valence-electron chi connectivity index (χ0n) is 17.3. The summed E-state index contributed by atoms with van der Waals surface area (Å²) in [6.45, 7) is 6.38. The van der Waals surface area contributed by atoms with Crippen molar-refractivity contribution in [1.29, 1.82) is 0 Å². The van der Waals surface area contributed by atoms with Gasteiger partial charge in [0.2, 0.25) is 0 Å². The van der Waals surface area contributed by atoms with Gasteiger partial charge in [-0.2, -0.15) is 0 Å². The lowest BCUT2D eigenvalue weighted by atomic mass is 9.87. The zero-order valence-corrected chi connectivity index (χ0v) is 19.7. The number of hydrogen-bond donors (Lipinski definition) is 3. The second kappa shape index (κ2) is 9.45. The molecule has 2 aromatic carbocycles. The van der Waals surface area contributed by atoms with Crippen LogP contribution in [0.25, 0.3) is 0 Å². The quantitative estimate of drug-likeness (QED) is 0.400. The lowest BCUT2D eigenvalue weighted by Gasteiger charge is -2.19. The molecule has 0 unspecified atom stereocenters. The molecule has 3 N–H and O–H groups in total. The van der Waals surface area contributed by atoms with Crippen LogP contribution in [-0.4, -0.2) is 16.9 Å². The van der Waals surface area contributed by atoms with E-state index in [4.69, 9.17) is 16.6 Å². The van der Waals surface area contributed by atoms with Crippen molar-refractivity contribution < 1.29 is 14.0 Å². The Morgan fingerprint density at radius 1 is 0.903 bits per heavy atom. The minimum Gasteiger partial charge on any atom is -0.444 e. The average Bonchev–Trinajstić information content (AvgIpc) is 3.14. The number of anilines is 2. The first-order valence-electron chi connectivity index (χ1n) is 9.51. The van der Waals surface area contributed by atoms with Crippen LogP contribution in [-0.2, 0) is 5.41 Å².